The number of nitrogens with zero attached hydrogens (tertiary/aromatic N) is 4. The monoisotopic (exact) mass is 331 g/mol. The van der Waals surface area contributed by atoms with E-state index < -0.39 is 0 Å². The van der Waals surface area contributed by atoms with E-state index in [-0.39, 0.29) is 11.9 Å². The van der Waals surface area contributed by atoms with Gasteiger partial charge in [-0.15, -0.1) is 0 Å². The second-order valence-electron chi connectivity index (χ2n) is 7.06. The molecule has 1 aromatic heterocycles. The van der Waals surface area contributed by atoms with E-state index in [1.807, 2.05) is 23.2 Å². The molecule has 132 valence electrons. The van der Waals surface area contributed by atoms with Crippen LogP contribution in [0.1, 0.15) is 19.8 Å². The quantitative estimate of drug-likeness (QED) is 0.884. The van der Waals surface area contributed by atoms with Gasteiger partial charge >= 0.3 is 0 Å². The molecule has 2 aliphatic rings. The van der Waals surface area contributed by atoms with E-state index in [9.17, 15) is 4.79 Å². The van der Waals surface area contributed by atoms with Gasteiger partial charge in [0.1, 0.15) is 5.82 Å². The van der Waals surface area contributed by atoms with Crippen molar-refractivity contribution >= 4 is 11.7 Å². The van der Waals surface area contributed by atoms with E-state index in [1.165, 1.54) is 6.42 Å². The summed E-state index contributed by atoms with van der Waals surface area (Å²) in [6.07, 6.45) is 4.16. The summed E-state index contributed by atoms with van der Waals surface area (Å²) in [5.41, 5.74) is 5.75. The predicted molar refractivity (Wildman–Crippen MR) is 95.8 cm³/mol. The standard InChI is InChI=1S/C18H29N5O/c1-15(19)18(24)23-8-4-5-16(14-23)13-21-9-11-22(12-10-21)17-6-2-3-7-20-17/h2-3,6-7,15-16H,4-5,8-14,19H2,1H3. The third-order valence-corrected chi connectivity index (χ3v) is 5.08. The number of piperidine rings is 1. The fraction of sp³-hybridized carbons (Fsp3) is 0.667. The number of hydrogen-bond acceptors (Lipinski definition) is 5. The molecule has 0 spiro atoms. The first-order valence-corrected chi connectivity index (χ1v) is 9.06. The van der Waals surface area contributed by atoms with Crippen molar-refractivity contribution in [1.82, 2.24) is 14.8 Å². The third-order valence-electron chi connectivity index (χ3n) is 5.08. The van der Waals surface area contributed by atoms with E-state index in [0.717, 1.165) is 58.1 Å². The Labute approximate surface area is 144 Å². The molecule has 3 rings (SSSR count). The molecule has 6 nitrogen and oxygen atoms in total. The zero-order valence-electron chi connectivity index (χ0n) is 14.6. The molecule has 3 heterocycles. The molecule has 24 heavy (non-hydrogen) atoms. The molecule has 0 radical (unpaired) electrons. The maximum absolute atomic E-state index is 12.1. The van der Waals surface area contributed by atoms with Crippen LogP contribution in [0.4, 0.5) is 5.82 Å². The number of rotatable bonds is 4. The van der Waals surface area contributed by atoms with Crippen molar-refractivity contribution in [2.75, 3.05) is 50.7 Å². The molecular weight excluding hydrogens is 302 g/mol. The predicted octanol–water partition coefficient (Wildman–Crippen LogP) is 0.789. The van der Waals surface area contributed by atoms with Gasteiger partial charge < -0.3 is 15.5 Å². The van der Waals surface area contributed by atoms with Crippen LogP contribution < -0.4 is 10.6 Å². The number of piperazine rings is 1. The third kappa shape index (κ3) is 4.24. The van der Waals surface area contributed by atoms with Gasteiger partial charge in [0.05, 0.1) is 6.04 Å². The average molecular weight is 331 g/mol. The maximum atomic E-state index is 12.1. The highest BCUT2D eigenvalue weighted by molar-refractivity contribution is 5.81. The minimum Gasteiger partial charge on any atom is -0.354 e. The van der Waals surface area contributed by atoms with Crippen LogP contribution in [-0.2, 0) is 4.79 Å². The molecular formula is C18H29N5O. The number of carbonyl (C=O) groups is 1. The van der Waals surface area contributed by atoms with Gasteiger partial charge in [-0.1, -0.05) is 6.07 Å². The van der Waals surface area contributed by atoms with Crippen LogP contribution in [0.15, 0.2) is 24.4 Å². The molecule has 1 amide bonds. The minimum absolute atomic E-state index is 0.0969. The van der Waals surface area contributed by atoms with Gasteiger partial charge in [-0.05, 0) is 37.8 Å². The first-order valence-electron chi connectivity index (χ1n) is 9.06. The zero-order chi connectivity index (χ0) is 16.9. The Hall–Kier alpha value is -1.66. The van der Waals surface area contributed by atoms with Crippen LogP contribution in [0.3, 0.4) is 0 Å². The van der Waals surface area contributed by atoms with E-state index in [1.54, 1.807) is 6.92 Å². The largest absolute Gasteiger partial charge is 0.354 e. The number of likely N-dealkylation sites (tertiary alicyclic amines) is 1. The van der Waals surface area contributed by atoms with E-state index in [2.05, 4.69) is 20.9 Å². The van der Waals surface area contributed by atoms with E-state index in [4.69, 9.17) is 5.73 Å². The summed E-state index contributed by atoms with van der Waals surface area (Å²) >= 11 is 0. The number of aromatic nitrogens is 1. The van der Waals surface area contributed by atoms with Crippen molar-refractivity contribution in [3.05, 3.63) is 24.4 Å². The molecule has 2 aliphatic heterocycles. The molecule has 2 atom stereocenters. The number of hydrogen-bond donors (Lipinski definition) is 1. The molecule has 0 saturated carbocycles. The van der Waals surface area contributed by atoms with Gasteiger partial charge in [-0.25, -0.2) is 4.98 Å². The zero-order valence-corrected chi connectivity index (χ0v) is 14.6. The van der Waals surface area contributed by atoms with Crippen molar-refractivity contribution in [3.8, 4) is 0 Å². The van der Waals surface area contributed by atoms with Crippen LogP contribution >= 0.6 is 0 Å². The number of anilines is 1. The lowest BCUT2D eigenvalue weighted by Gasteiger charge is -2.40. The van der Waals surface area contributed by atoms with E-state index >= 15 is 0 Å². The summed E-state index contributed by atoms with van der Waals surface area (Å²) in [6, 6.07) is 5.69. The lowest BCUT2D eigenvalue weighted by Crippen LogP contribution is -2.51. The van der Waals surface area contributed by atoms with Gasteiger partial charge in [-0.2, -0.15) is 0 Å². The fourth-order valence-corrected chi connectivity index (χ4v) is 3.77. The molecule has 6 heteroatoms. The number of pyridine rings is 1. The first kappa shape index (κ1) is 17.2. The summed E-state index contributed by atoms with van der Waals surface area (Å²) in [7, 11) is 0. The van der Waals surface area contributed by atoms with Gasteiger partial charge in [-0.3, -0.25) is 9.69 Å². The lowest BCUT2D eigenvalue weighted by molar-refractivity contribution is -0.134. The van der Waals surface area contributed by atoms with Crippen LogP contribution in [0.2, 0.25) is 0 Å². The number of amides is 1. The Morgan fingerprint density at radius 3 is 2.75 bits per heavy atom. The fourth-order valence-electron chi connectivity index (χ4n) is 3.77. The Balaban J connectivity index is 1.47. The molecule has 2 fully saturated rings. The average Bonchev–Trinajstić information content (AvgIpc) is 2.62. The number of carbonyl (C=O) groups excluding carboxylic acids is 1. The van der Waals surface area contributed by atoms with Crippen molar-refractivity contribution < 1.29 is 4.79 Å². The van der Waals surface area contributed by atoms with Crippen LogP contribution in [-0.4, -0.2) is 72.5 Å². The van der Waals surface area contributed by atoms with Crippen LogP contribution in [0, 0.1) is 5.92 Å². The highest BCUT2D eigenvalue weighted by Crippen LogP contribution is 2.20. The Morgan fingerprint density at radius 1 is 1.29 bits per heavy atom. The minimum atomic E-state index is -0.384. The Kier molecular flexibility index (Phi) is 5.68. The molecule has 0 bridgehead atoms. The molecule has 2 N–H and O–H groups in total. The summed E-state index contributed by atoms with van der Waals surface area (Å²) in [6.45, 7) is 8.76. The topological polar surface area (TPSA) is 65.7 Å². The van der Waals surface area contributed by atoms with Crippen LogP contribution in [0.5, 0.6) is 0 Å². The van der Waals surface area contributed by atoms with Gasteiger partial charge in [0.25, 0.3) is 0 Å². The van der Waals surface area contributed by atoms with E-state index in [0.29, 0.717) is 5.92 Å². The first-order chi connectivity index (χ1) is 11.6. The van der Waals surface area contributed by atoms with Crippen LogP contribution in [0.25, 0.3) is 0 Å². The normalized spacial score (nSPS) is 24.0. The Bertz CT molecular complexity index is 527. The SMILES string of the molecule is CC(N)C(=O)N1CCCC(CN2CCN(c3ccccn3)CC2)C1. The van der Waals surface area contributed by atoms with Crippen molar-refractivity contribution in [1.29, 1.82) is 0 Å². The van der Waals surface area contributed by atoms with Crippen molar-refractivity contribution in [2.24, 2.45) is 11.7 Å². The number of nitrogens with two attached hydrogens (primary N) is 1. The van der Waals surface area contributed by atoms with Crippen molar-refractivity contribution in [2.45, 2.75) is 25.8 Å². The molecule has 1 aromatic rings. The summed E-state index contributed by atoms with van der Waals surface area (Å²) in [4.78, 5) is 23.4. The second kappa shape index (κ2) is 7.94. The molecule has 2 unspecified atom stereocenters. The molecule has 0 aliphatic carbocycles. The highest BCUT2D eigenvalue weighted by atomic mass is 16.2. The summed E-state index contributed by atoms with van der Waals surface area (Å²) in [5, 5.41) is 0. The lowest BCUT2D eigenvalue weighted by atomic mass is 9.96. The van der Waals surface area contributed by atoms with Crippen molar-refractivity contribution in [3.63, 3.8) is 0 Å². The summed E-state index contributed by atoms with van der Waals surface area (Å²) < 4.78 is 0. The highest BCUT2D eigenvalue weighted by Gasteiger charge is 2.27. The molecule has 0 aromatic carbocycles. The molecule has 2 saturated heterocycles. The van der Waals surface area contributed by atoms with Gasteiger partial charge in [0.15, 0.2) is 0 Å². The van der Waals surface area contributed by atoms with Gasteiger partial charge in [0.2, 0.25) is 5.91 Å². The second-order valence-corrected chi connectivity index (χ2v) is 7.06. The maximum Gasteiger partial charge on any atom is 0.239 e. The Morgan fingerprint density at radius 2 is 2.08 bits per heavy atom. The van der Waals surface area contributed by atoms with Gasteiger partial charge in [0, 0.05) is 52.0 Å². The smallest absolute Gasteiger partial charge is 0.239 e. The summed E-state index contributed by atoms with van der Waals surface area (Å²) in [5.74, 6) is 1.74.